The molecule has 0 bridgehead atoms. The second-order valence-corrected chi connectivity index (χ2v) is 4.90. The molecule has 1 N–H and O–H groups in total. The van der Waals surface area contributed by atoms with Gasteiger partial charge >= 0.3 is 6.36 Å². The van der Waals surface area contributed by atoms with Crippen LogP contribution in [-0.4, -0.2) is 11.3 Å². The second kappa shape index (κ2) is 6.08. The zero-order valence-corrected chi connectivity index (χ0v) is 12.1. The van der Waals surface area contributed by atoms with Crippen LogP contribution in [0.4, 0.5) is 24.7 Å². The number of nitrogens with one attached hydrogen (secondary N) is 1. The molecule has 0 radical (unpaired) electrons. The molecule has 1 heterocycles. The molecule has 0 unspecified atom stereocenters. The molecule has 7 heteroatoms. The fourth-order valence-electron chi connectivity index (χ4n) is 2.22. The first-order chi connectivity index (χ1) is 11.4. The predicted molar refractivity (Wildman–Crippen MR) is 82.9 cm³/mol. The number of halogens is 3. The molecule has 0 spiro atoms. The van der Waals surface area contributed by atoms with E-state index in [9.17, 15) is 13.2 Å². The molecule has 3 rings (SSSR count). The largest absolute Gasteiger partial charge is 0.573 e. The quantitative estimate of drug-likeness (QED) is 0.753. The molecular formula is C17H10F3N3O. The third kappa shape index (κ3) is 3.55. The number of aromatic nitrogens is 1. The maximum atomic E-state index is 12.2. The van der Waals surface area contributed by atoms with Crippen molar-refractivity contribution in [2.24, 2.45) is 0 Å². The normalized spacial score (nSPS) is 11.1. The summed E-state index contributed by atoms with van der Waals surface area (Å²) in [6.45, 7) is 0. The Labute approximate surface area is 135 Å². The van der Waals surface area contributed by atoms with Crippen molar-refractivity contribution >= 4 is 22.3 Å². The molecule has 0 amide bonds. The van der Waals surface area contributed by atoms with E-state index in [4.69, 9.17) is 5.26 Å². The van der Waals surface area contributed by atoms with Gasteiger partial charge in [0.25, 0.3) is 0 Å². The molecule has 2 aromatic carbocycles. The molecule has 120 valence electrons. The smallest absolute Gasteiger partial charge is 0.406 e. The van der Waals surface area contributed by atoms with Crippen molar-refractivity contribution < 1.29 is 17.9 Å². The first-order valence-corrected chi connectivity index (χ1v) is 6.86. The van der Waals surface area contributed by atoms with Gasteiger partial charge in [-0.2, -0.15) is 5.26 Å². The fourth-order valence-corrected chi connectivity index (χ4v) is 2.22. The Morgan fingerprint density at radius 2 is 1.79 bits per heavy atom. The van der Waals surface area contributed by atoms with Crippen molar-refractivity contribution in [2.75, 3.05) is 5.32 Å². The van der Waals surface area contributed by atoms with Gasteiger partial charge in [-0.3, -0.25) is 0 Å². The Bertz CT molecular complexity index is 915. The topological polar surface area (TPSA) is 57.9 Å². The van der Waals surface area contributed by atoms with Crippen LogP contribution >= 0.6 is 0 Å². The van der Waals surface area contributed by atoms with Gasteiger partial charge in [-0.05, 0) is 53.9 Å². The zero-order chi connectivity index (χ0) is 17.2. The molecule has 0 aliphatic heterocycles. The van der Waals surface area contributed by atoms with E-state index in [2.05, 4.69) is 21.1 Å². The molecule has 0 atom stereocenters. The summed E-state index contributed by atoms with van der Waals surface area (Å²) >= 11 is 0. The molecule has 0 aliphatic carbocycles. The first kappa shape index (κ1) is 15.6. The third-order valence-corrected chi connectivity index (χ3v) is 3.24. The van der Waals surface area contributed by atoms with E-state index >= 15 is 0 Å². The number of nitrogens with zero attached hydrogens (tertiary/aromatic N) is 2. The van der Waals surface area contributed by atoms with Crippen LogP contribution in [0.25, 0.3) is 10.8 Å². The Hall–Kier alpha value is -3.27. The van der Waals surface area contributed by atoms with E-state index in [1.54, 1.807) is 30.5 Å². The van der Waals surface area contributed by atoms with Crippen LogP contribution in [0.1, 0.15) is 5.56 Å². The summed E-state index contributed by atoms with van der Waals surface area (Å²) in [7, 11) is 0. The fraction of sp³-hybridized carbons (Fsp3) is 0.0588. The predicted octanol–water partition coefficient (Wildman–Crippen LogP) is 4.75. The van der Waals surface area contributed by atoms with Crippen LogP contribution in [0, 0.1) is 11.3 Å². The van der Waals surface area contributed by atoms with E-state index in [-0.39, 0.29) is 5.75 Å². The average Bonchev–Trinajstić information content (AvgIpc) is 2.55. The van der Waals surface area contributed by atoms with Gasteiger partial charge in [0.05, 0.1) is 11.6 Å². The van der Waals surface area contributed by atoms with Gasteiger partial charge in [0, 0.05) is 17.3 Å². The van der Waals surface area contributed by atoms with Gasteiger partial charge < -0.3 is 10.1 Å². The van der Waals surface area contributed by atoms with E-state index < -0.39 is 6.36 Å². The maximum Gasteiger partial charge on any atom is 0.573 e. The molecular weight excluding hydrogens is 319 g/mol. The summed E-state index contributed by atoms with van der Waals surface area (Å²) in [6.07, 6.45) is -3.13. The maximum absolute atomic E-state index is 12.2. The summed E-state index contributed by atoms with van der Waals surface area (Å²) in [6, 6.07) is 14.4. The minimum atomic E-state index is -4.72. The Balaban J connectivity index is 1.86. The Morgan fingerprint density at radius 1 is 1.04 bits per heavy atom. The lowest BCUT2D eigenvalue weighted by molar-refractivity contribution is -0.274. The summed E-state index contributed by atoms with van der Waals surface area (Å²) in [5.74, 6) is 0.249. The van der Waals surface area contributed by atoms with Crippen LogP contribution in [0.2, 0.25) is 0 Å². The monoisotopic (exact) mass is 329 g/mol. The van der Waals surface area contributed by atoms with E-state index in [1.807, 2.05) is 0 Å². The number of anilines is 2. The van der Waals surface area contributed by atoms with Crippen molar-refractivity contribution in [3.05, 3.63) is 60.3 Å². The van der Waals surface area contributed by atoms with Crippen molar-refractivity contribution in [1.29, 1.82) is 5.26 Å². The van der Waals surface area contributed by atoms with Crippen LogP contribution in [-0.2, 0) is 0 Å². The van der Waals surface area contributed by atoms with Gasteiger partial charge in [0.15, 0.2) is 0 Å². The highest BCUT2D eigenvalue weighted by Gasteiger charge is 2.30. The van der Waals surface area contributed by atoms with Gasteiger partial charge in [-0.25, -0.2) is 4.98 Å². The number of fused-ring (bicyclic) bond motifs is 1. The number of nitriles is 1. The van der Waals surface area contributed by atoms with Gasteiger partial charge in [-0.1, -0.05) is 0 Å². The lowest BCUT2D eigenvalue weighted by atomic mass is 10.1. The number of pyridine rings is 1. The molecule has 0 fully saturated rings. The highest BCUT2D eigenvalue weighted by molar-refractivity contribution is 5.93. The standard InChI is InChI=1S/C17H10F3N3O/c18-17(19,20)24-14-4-2-13(3-5-14)23-16-15-6-1-11(10-21)9-12(15)7-8-22-16/h1-9H,(H,22,23). The zero-order valence-electron chi connectivity index (χ0n) is 12.1. The van der Waals surface area contributed by atoms with Crippen molar-refractivity contribution in [3.63, 3.8) is 0 Å². The van der Waals surface area contributed by atoms with Crippen molar-refractivity contribution in [3.8, 4) is 11.8 Å². The number of hydrogen-bond donors (Lipinski definition) is 1. The number of ether oxygens (including phenoxy) is 1. The number of hydrogen-bond acceptors (Lipinski definition) is 4. The Kier molecular flexibility index (Phi) is 3.96. The second-order valence-electron chi connectivity index (χ2n) is 4.90. The SMILES string of the molecule is N#Cc1ccc2c(Nc3ccc(OC(F)(F)F)cc3)nccc2c1. The van der Waals surface area contributed by atoms with Crippen molar-refractivity contribution in [2.45, 2.75) is 6.36 Å². The molecule has 4 nitrogen and oxygen atoms in total. The Morgan fingerprint density at radius 3 is 2.46 bits per heavy atom. The lowest BCUT2D eigenvalue weighted by Gasteiger charge is -2.11. The molecule has 24 heavy (non-hydrogen) atoms. The van der Waals surface area contributed by atoms with Gasteiger partial charge in [0.1, 0.15) is 11.6 Å². The van der Waals surface area contributed by atoms with E-state index in [0.717, 1.165) is 10.8 Å². The summed E-state index contributed by atoms with van der Waals surface area (Å²) in [5.41, 5.74) is 1.10. The average molecular weight is 329 g/mol. The molecule has 0 saturated carbocycles. The highest BCUT2D eigenvalue weighted by Crippen LogP contribution is 2.27. The van der Waals surface area contributed by atoms with E-state index in [0.29, 0.717) is 17.1 Å². The highest BCUT2D eigenvalue weighted by atomic mass is 19.4. The molecule has 1 aromatic heterocycles. The molecule has 3 aromatic rings. The minimum absolute atomic E-state index is 0.294. The lowest BCUT2D eigenvalue weighted by Crippen LogP contribution is -2.16. The van der Waals surface area contributed by atoms with Crippen molar-refractivity contribution in [1.82, 2.24) is 4.98 Å². The van der Waals surface area contributed by atoms with Crippen LogP contribution < -0.4 is 10.1 Å². The summed E-state index contributed by atoms with van der Waals surface area (Å²) in [5, 5.41) is 13.6. The van der Waals surface area contributed by atoms with Gasteiger partial charge in [0.2, 0.25) is 0 Å². The van der Waals surface area contributed by atoms with E-state index in [1.165, 1.54) is 24.3 Å². The number of alkyl halides is 3. The summed E-state index contributed by atoms with van der Waals surface area (Å²) in [4.78, 5) is 4.23. The van der Waals surface area contributed by atoms with Crippen LogP contribution in [0.3, 0.4) is 0 Å². The summed E-state index contributed by atoms with van der Waals surface area (Å²) < 4.78 is 40.3. The van der Waals surface area contributed by atoms with Crippen LogP contribution in [0.5, 0.6) is 5.75 Å². The number of rotatable bonds is 3. The third-order valence-electron chi connectivity index (χ3n) is 3.24. The first-order valence-electron chi connectivity index (χ1n) is 6.86. The number of benzene rings is 2. The minimum Gasteiger partial charge on any atom is -0.406 e. The molecule has 0 aliphatic rings. The van der Waals surface area contributed by atoms with Crippen LogP contribution in [0.15, 0.2) is 54.7 Å². The molecule has 0 saturated heterocycles. The van der Waals surface area contributed by atoms with Gasteiger partial charge in [-0.15, -0.1) is 13.2 Å².